The van der Waals surface area contributed by atoms with Crippen LogP contribution >= 0.6 is 11.3 Å². The number of nitrogens with zero attached hydrogens (tertiary/aromatic N) is 1. The molecule has 0 unspecified atom stereocenters. The summed E-state index contributed by atoms with van der Waals surface area (Å²) in [5.74, 6) is -0.968. The van der Waals surface area contributed by atoms with E-state index in [4.69, 9.17) is 14.7 Å². The first-order valence-corrected chi connectivity index (χ1v) is 7.90. The number of carbonyl (C=O) groups excluding carboxylic acids is 2. The molecular formula is C17H14N2O5S. The molecule has 1 aromatic heterocycles. The Kier molecular flexibility index (Phi) is 6.14. The van der Waals surface area contributed by atoms with E-state index in [-0.39, 0.29) is 11.5 Å². The molecule has 0 aliphatic carbocycles. The van der Waals surface area contributed by atoms with Gasteiger partial charge in [-0.05, 0) is 35.2 Å². The third-order valence-corrected chi connectivity index (χ3v) is 3.83. The van der Waals surface area contributed by atoms with Crippen molar-refractivity contribution in [3.63, 3.8) is 0 Å². The van der Waals surface area contributed by atoms with E-state index >= 15 is 0 Å². The van der Waals surface area contributed by atoms with E-state index in [2.05, 4.69) is 5.32 Å². The summed E-state index contributed by atoms with van der Waals surface area (Å²) in [5.41, 5.74) is 0.971. The number of hydrogen-bond acceptors (Lipinski definition) is 7. The van der Waals surface area contributed by atoms with Gasteiger partial charge in [-0.1, -0.05) is 6.07 Å². The van der Waals surface area contributed by atoms with Gasteiger partial charge in [0.2, 0.25) is 0 Å². The van der Waals surface area contributed by atoms with Gasteiger partial charge in [-0.25, -0.2) is 4.79 Å². The fraction of sp³-hybridized carbons (Fsp3) is 0.118. The number of nitriles is 1. The number of methoxy groups -OCH3 is 1. The van der Waals surface area contributed by atoms with Gasteiger partial charge in [-0.2, -0.15) is 5.26 Å². The average Bonchev–Trinajstić information content (AvgIpc) is 3.06. The van der Waals surface area contributed by atoms with E-state index in [1.165, 1.54) is 30.6 Å². The number of ether oxygens (including phenoxy) is 2. The van der Waals surface area contributed by atoms with Gasteiger partial charge in [0.25, 0.3) is 5.91 Å². The predicted molar refractivity (Wildman–Crippen MR) is 92.3 cm³/mol. The van der Waals surface area contributed by atoms with Crippen LogP contribution in [-0.2, 0) is 14.3 Å². The number of anilines is 1. The van der Waals surface area contributed by atoms with Crippen LogP contribution < -0.4 is 10.1 Å². The third kappa shape index (κ3) is 5.09. The second-order valence-corrected chi connectivity index (χ2v) is 5.61. The van der Waals surface area contributed by atoms with Crippen LogP contribution in [0.2, 0.25) is 0 Å². The monoisotopic (exact) mass is 358 g/mol. The number of hydrogen-bond donors (Lipinski definition) is 2. The summed E-state index contributed by atoms with van der Waals surface area (Å²) >= 11 is 1.21. The summed E-state index contributed by atoms with van der Waals surface area (Å²) in [6, 6.07) is 8.11. The van der Waals surface area contributed by atoms with Crippen LogP contribution in [0.3, 0.4) is 0 Å². The summed E-state index contributed by atoms with van der Waals surface area (Å²) in [6.45, 7) is -0.467. The van der Waals surface area contributed by atoms with Gasteiger partial charge in [0.15, 0.2) is 18.1 Å². The van der Waals surface area contributed by atoms with Crippen molar-refractivity contribution >= 4 is 34.3 Å². The van der Waals surface area contributed by atoms with Crippen molar-refractivity contribution in [2.45, 2.75) is 0 Å². The molecule has 0 aliphatic heterocycles. The second-order valence-electron chi connectivity index (χ2n) is 4.70. The van der Waals surface area contributed by atoms with E-state index in [0.717, 1.165) is 6.08 Å². The highest BCUT2D eigenvalue weighted by Gasteiger charge is 2.10. The number of rotatable bonds is 6. The SMILES string of the molecule is COc1cc(/C=C/C(=O)OCC(=O)Nc2sccc2C#N)ccc1O. The third-order valence-electron chi connectivity index (χ3n) is 3.00. The topological polar surface area (TPSA) is 109 Å². The largest absolute Gasteiger partial charge is 0.504 e. The van der Waals surface area contributed by atoms with Gasteiger partial charge in [0.05, 0.1) is 12.7 Å². The normalized spacial score (nSPS) is 10.2. The minimum atomic E-state index is -0.700. The number of benzene rings is 1. The van der Waals surface area contributed by atoms with Crippen LogP contribution in [0, 0.1) is 11.3 Å². The number of carbonyl (C=O) groups is 2. The summed E-state index contributed by atoms with van der Waals surface area (Å²) < 4.78 is 9.80. The number of amides is 1. The van der Waals surface area contributed by atoms with Gasteiger partial charge in [-0.3, -0.25) is 4.79 Å². The lowest BCUT2D eigenvalue weighted by Crippen LogP contribution is -2.19. The molecule has 1 heterocycles. The molecular weight excluding hydrogens is 344 g/mol. The number of esters is 1. The van der Waals surface area contributed by atoms with Crippen LogP contribution in [0.5, 0.6) is 11.5 Å². The number of phenolic OH excluding ortho intramolecular Hbond substituents is 1. The van der Waals surface area contributed by atoms with E-state index in [1.54, 1.807) is 23.6 Å². The Bertz CT molecular complexity index is 851. The molecule has 2 rings (SSSR count). The van der Waals surface area contributed by atoms with Crippen LogP contribution in [0.4, 0.5) is 5.00 Å². The number of aromatic hydroxyl groups is 1. The van der Waals surface area contributed by atoms with E-state index < -0.39 is 18.5 Å². The minimum absolute atomic E-state index is 0.00999. The van der Waals surface area contributed by atoms with Gasteiger partial charge in [0, 0.05) is 6.08 Å². The lowest BCUT2D eigenvalue weighted by atomic mass is 10.2. The lowest BCUT2D eigenvalue weighted by molar-refractivity contribution is -0.142. The fourth-order valence-electron chi connectivity index (χ4n) is 1.80. The zero-order valence-corrected chi connectivity index (χ0v) is 14.0. The highest BCUT2D eigenvalue weighted by atomic mass is 32.1. The van der Waals surface area contributed by atoms with Crippen molar-refractivity contribution in [1.29, 1.82) is 5.26 Å². The zero-order valence-electron chi connectivity index (χ0n) is 13.2. The van der Waals surface area contributed by atoms with E-state index in [9.17, 15) is 14.7 Å². The Balaban J connectivity index is 1.86. The molecule has 2 aromatic rings. The molecule has 7 nitrogen and oxygen atoms in total. The first-order chi connectivity index (χ1) is 12.0. The van der Waals surface area contributed by atoms with Crippen LogP contribution in [0.25, 0.3) is 6.08 Å². The Morgan fingerprint density at radius 3 is 2.92 bits per heavy atom. The molecule has 0 spiro atoms. The second kappa shape index (κ2) is 8.52. The standard InChI is InChI=1S/C17H14N2O5S/c1-23-14-8-11(2-4-13(14)20)3-5-16(22)24-10-15(21)19-17-12(9-18)6-7-25-17/h2-8,20H,10H2,1H3,(H,19,21)/b5-3+. The van der Waals surface area contributed by atoms with Crippen molar-refractivity contribution in [2.24, 2.45) is 0 Å². The summed E-state index contributed by atoms with van der Waals surface area (Å²) in [7, 11) is 1.42. The Hall–Kier alpha value is -3.31. The summed E-state index contributed by atoms with van der Waals surface area (Å²) in [5, 5.41) is 22.9. The van der Waals surface area contributed by atoms with Gasteiger partial charge < -0.3 is 19.9 Å². The molecule has 8 heteroatoms. The molecule has 1 aromatic carbocycles. The molecule has 128 valence electrons. The molecule has 2 N–H and O–H groups in total. The smallest absolute Gasteiger partial charge is 0.331 e. The molecule has 0 bridgehead atoms. The predicted octanol–water partition coefficient (Wildman–Crippen LogP) is 2.53. The maximum atomic E-state index is 11.7. The van der Waals surface area contributed by atoms with Gasteiger partial charge >= 0.3 is 5.97 Å². The zero-order chi connectivity index (χ0) is 18.2. The van der Waals surface area contributed by atoms with Crippen molar-refractivity contribution < 1.29 is 24.2 Å². The van der Waals surface area contributed by atoms with Crippen molar-refractivity contribution in [1.82, 2.24) is 0 Å². The molecule has 0 aliphatic rings. The number of thiophene rings is 1. The Morgan fingerprint density at radius 2 is 2.20 bits per heavy atom. The quantitative estimate of drug-likeness (QED) is 0.607. The average molecular weight is 358 g/mol. The first-order valence-electron chi connectivity index (χ1n) is 7.02. The molecule has 0 saturated carbocycles. The van der Waals surface area contributed by atoms with Gasteiger partial charge in [0.1, 0.15) is 11.1 Å². The molecule has 25 heavy (non-hydrogen) atoms. The van der Waals surface area contributed by atoms with E-state index in [1.807, 2.05) is 6.07 Å². The Morgan fingerprint density at radius 1 is 1.40 bits per heavy atom. The maximum absolute atomic E-state index is 11.7. The van der Waals surface area contributed by atoms with E-state index in [0.29, 0.717) is 16.1 Å². The fourth-order valence-corrected chi connectivity index (χ4v) is 2.56. The van der Waals surface area contributed by atoms with Crippen LogP contribution in [0.15, 0.2) is 35.7 Å². The summed E-state index contributed by atoms with van der Waals surface area (Å²) in [4.78, 5) is 23.4. The molecule has 0 saturated heterocycles. The first kappa shape index (κ1) is 18.0. The highest BCUT2D eigenvalue weighted by Crippen LogP contribution is 2.26. The molecule has 0 atom stereocenters. The molecule has 0 radical (unpaired) electrons. The lowest BCUT2D eigenvalue weighted by Gasteiger charge is -2.04. The molecule has 1 amide bonds. The highest BCUT2D eigenvalue weighted by molar-refractivity contribution is 7.14. The number of phenols is 1. The van der Waals surface area contributed by atoms with Crippen LogP contribution in [0.1, 0.15) is 11.1 Å². The summed E-state index contributed by atoms with van der Waals surface area (Å²) in [6.07, 6.45) is 2.63. The Labute approximate surface area is 147 Å². The van der Waals surface area contributed by atoms with Crippen molar-refractivity contribution in [3.8, 4) is 17.6 Å². The molecule has 0 fully saturated rings. The van der Waals surface area contributed by atoms with Crippen LogP contribution in [-0.4, -0.2) is 30.7 Å². The maximum Gasteiger partial charge on any atom is 0.331 e. The van der Waals surface area contributed by atoms with Gasteiger partial charge in [-0.15, -0.1) is 11.3 Å². The van der Waals surface area contributed by atoms with Crippen molar-refractivity contribution in [3.05, 3.63) is 46.8 Å². The van der Waals surface area contributed by atoms with Crippen molar-refractivity contribution in [2.75, 3.05) is 19.0 Å². The minimum Gasteiger partial charge on any atom is -0.504 e. The number of nitrogens with one attached hydrogen (secondary N) is 1.